The Labute approximate surface area is 176 Å². The average Bonchev–Trinajstić information content (AvgIpc) is 2.70. The number of carbonyl (C=O) groups is 1. The van der Waals surface area contributed by atoms with Gasteiger partial charge in [-0.1, -0.05) is 38.1 Å². The summed E-state index contributed by atoms with van der Waals surface area (Å²) in [6.45, 7) is 10.2. The molecule has 1 N–H and O–H groups in total. The van der Waals surface area contributed by atoms with E-state index in [-0.39, 0.29) is 30.7 Å². The highest BCUT2D eigenvalue weighted by molar-refractivity contribution is 5.79. The van der Waals surface area contributed by atoms with E-state index in [0.717, 1.165) is 11.3 Å². The van der Waals surface area contributed by atoms with Gasteiger partial charge in [0.25, 0.3) is 11.5 Å². The predicted octanol–water partition coefficient (Wildman–Crippen LogP) is 4.17. The number of amides is 1. The van der Waals surface area contributed by atoms with Crippen LogP contribution in [0.25, 0.3) is 10.9 Å². The minimum atomic E-state index is -0.205. The molecule has 0 aliphatic carbocycles. The molecule has 1 amide bonds. The summed E-state index contributed by atoms with van der Waals surface area (Å²) in [5.41, 5.74) is 2.57. The Balaban J connectivity index is 1.76. The molecule has 0 unspecified atom stereocenters. The summed E-state index contributed by atoms with van der Waals surface area (Å²) in [5.74, 6) is 1.40. The van der Waals surface area contributed by atoms with E-state index in [1.165, 1.54) is 5.56 Å². The standard InChI is InChI=1S/C24H29N3O3/c1-15(2)18-11-10-17(5)21(12-18)30-14-23(28)27(16(3)4)13-22-25-20-9-7-6-8-19(20)24(29)26-22/h6-12,15-16H,13-14H2,1-5H3,(H,25,26,29). The fourth-order valence-corrected chi connectivity index (χ4v) is 3.28. The van der Waals surface area contributed by atoms with Crippen molar-refractivity contribution in [1.29, 1.82) is 0 Å². The van der Waals surface area contributed by atoms with Crippen molar-refractivity contribution >= 4 is 16.8 Å². The maximum atomic E-state index is 12.9. The summed E-state index contributed by atoms with van der Waals surface area (Å²) in [6.07, 6.45) is 0. The topological polar surface area (TPSA) is 75.3 Å². The number of rotatable bonds is 7. The number of nitrogens with zero attached hydrogens (tertiary/aromatic N) is 2. The van der Waals surface area contributed by atoms with Crippen LogP contribution in [0.15, 0.2) is 47.3 Å². The largest absolute Gasteiger partial charge is 0.483 e. The molecule has 0 aliphatic heterocycles. The Hall–Kier alpha value is -3.15. The number of benzene rings is 2. The van der Waals surface area contributed by atoms with Crippen LogP contribution in [-0.2, 0) is 11.3 Å². The van der Waals surface area contributed by atoms with Gasteiger partial charge in [-0.25, -0.2) is 4.98 Å². The van der Waals surface area contributed by atoms with Gasteiger partial charge in [-0.15, -0.1) is 0 Å². The normalized spacial score (nSPS) is 11.3. The Morgan fingerprint density at radius 2 is 1.87 bits per heavy atom. The first-order chi connectivity index (χ1) is 14.3. The number of carbonyl (C=O) groups excluding carboxylic acids is 1. The number of H-pyrrole nitrogens is 1. The van der Waals surface area contributed by atoms with Crippen LogP contribution >= 0.6 is 0 Å². The van der Waals surface area contributed by atoms with Crippen molar-refractivity contribution in [2.24, 2.45) is 0 Å². The molecule has 1 aromatic heterocycles. The molecule has 3 rings (SSSR count). The van der Waals surface area contributed by atoms with E-state index < -0.39 is 0 Å². The number of fused-ring (bicyclic) bond motifs is 1. The van der Waals surface area contributed by atoms with Gasteiger partial charge in [0.1, 0.15) is 11.6 Å². The van der Waals surface area contributed by atoms with Crippen molar-refractivity contribution in [1.82, 2.24) is 14.9 Å². The third-order valence-corrected chi connectivity index (χ3v) is 5.16. The summed E-state index contributed by atoms with van der Waals surface area (Å²) >= 11 is 0. The molecule has 6 heteroatoms. The zero-order valence-corrected chi connectivity index (χ0v) is 18.2. The van der Waals surface area contributed by atoms with Crippen LogP contribution in [0.1, 0.15) is 50.6 Å². The van der Waals surface area contributed by atoms with Crippen LogP contribution < -0.4 is 10.3 Å². The number of hydrogen-bond donors (Lipinski definition) is 1. The van der Waals surface area contributed by atoms with Crippen LogP contribution in [0, 0.1) is 6.92 Å². The SMILES string of the molecule is Cc1ccc(C(C)C)cc1OCC(=O)N(Cc1nc2ccccc2c(=O)[nH]1)C(C)C. The average molecular weight is 408 g/mol. The van der Waals surface area contributed by atoms with E-state index in [1.807, 2.05) is 39.0 Å². The van der Waals surface area contributed by atoms with Gasteiger partial charge in [0, 0.05) is 6.04 Å². The second-order valence-corrected chi connectivity index (χ2v) is 8.11. The zero-order chi connectivity index (χ0) is 21.8. The van der Waals surface area contributed by atoms with Crippen LogP contribution in [-0.4, -0.2) is 33.4 Å². The van der Waals surface area contributed by atoms with Crippen molar-refractivity contribution < 1.29 is 9.53 Å². The van der Waals surface area contributed by atoms with Gasteiger partial charge >= 0.3 is 0 Å². The predicted molar refractivity (Wildman–Crippen MR) is 119 cm³/mol. The number of hydrogen-bond acceptors (Lipinski definition) is 4. The molecule has 0 fully saturated rings. The van der Waals surface area contributed by atoms with Gasteiger partial charge in [-0.2, -0.15) is 0 Å². The first kappa shape index (κ1) is 21.6. The molecule has 30 heavy (non-hydrogen) atoms. The molecule has 0 atom stereocenters. The minimum Gasteiger partial charge on any atom is -0.483 e. The maximum Gasteiger partial charge on any atom is 0.261 e. The second-order valence-electron chi connectivity index (χ2n) is 8.11. The molecule has 0 aliphatic rings. The van der Waals surface area contributed by atoms with Crippen LogP contribution in [0.5, 0.6) is 5.75 Å². The third kappa shape index (κ3) is 4.87. The molecule has 0 bridgehead atoms. The Kier molecular flexibility index (Phi) is 6.55. The Morgan fingerprint density at radius 1 is 1.13 bits per heavy atom. The highest BCUT2D eigenvalue weighted by Crippen LogP contribution is 2.24. The molecular weight excluding hydrogens is 378 g/mol. The molecule has 0 saturated carbocycles. The first-order valence-electron chi connectivity index (χ1n) is 10.3. The fourth-order valence-electron chi connectivity index (χ4n) is 3.28. The molecule has 3 aromatic rings. The molecule has 1 heterocycles. The Bertz CT molecular complexity index is 1100. The number of ether oxygens (including phenoxy) is 1. The molecular formula is C24H29N3O3. The highest BCUT2D eigenvalue weighted by Gasteiger charge is 2.20. The summed E-state index contributed by atoms with van der Waals surface area (Å²) in [6, 6.07) is 13.2. The smallest absolute Gasteiger partial charge is 0.261 e. The zero-order valence-electron chi connectivity index (χ0n) is 18.2. The van der Waals surface area contributed by atoms with Crippen molar-refractivity contribution in [3.63, 3.8) is 0 Å². The minimum absolute atomic E-state index is 0.0685. The Morgan fingerprint density at radius 3 is 2.57 bits per heavy atom. The van der Waals surface area contributed by atoms with Crippen LogP contribution in [0.4, 0.5) is 0 Å². The number of aromatic nitrogens is 2. The lowest BCUT2D eigenvalue weighted by molar-refractivity contribution is -0.135. The highest BCUT2D eigenvalue weighted by atomic mass is 16.5. The molecule has 0 saturated heterocycles. The number of nitrogens with one attached hydrogen (secondary N) is 1. The lowest BCUT2D eigenvalue weighted by Crippen LogP contribution is -2.40. The van der Waals surface area contributed by atoms with Gasteiger partial charge in [-0.05, 0) is 56.0 Å². The van der Waals surface area contributed by atoms with Crippen molar-refractivity contribution in [3.05, 3.63) is 69.8 Å². The first-order valence-corrected chi connectivity index (χ1v) is 10.3. The fraction of sp³-hybridized carbons (Fsp3) is 0.375. The number of para-hydroxylation sites is 1. The summed E-state index contributed by atoms with van der Waals surface area (Å²) in [4.78, 5) is 34.2. The molecule has 2 aromatic carbocycles. The lowest BCUT2D eigenvalue weighted by atomic mass is 10.0. The van der Waals surface area contributed by atoms with Gasteiger partial charge in [-0.3, -0.25) is 9.59 Å². The van der Waals surface area contributed by atoms with E-state index in [4.69, 9.17) is 4.74 Å². The second kappa shape index (κ2) is 9.11. The number of aromatic amines is 1. The quantitative estimate of drug-likeness (QED) is 0.638. The van der Waals surface area contributed by atoms with Crippen molar-refractivity contribution in [3.8, 4) is 5.75 Å². The summed E-state index contributed by atoms with van der Waals surface area (Å²) < 4.78 is 5.87. The number of aryl methyl sites for hydroxylation is 1. The van der Waals surface area contributed by atoms with E-state index >= 15 is 0 Å². The molecule has 0 spiro atoms. The van der Waals surface area contributed by atoms with E-state index in [2.05, 4.69) is 29.9 Å². The molecule has 0 radical (unpaired) electrons. The molecule has 6 nitrogen and oxygen atoms in total. The van der Waals surface area contributed by atoms with E-state index in [9.17, 15) is 9.59 Å². The van der Waals surface area contributed by atoms with E-state index in [1.54, 1.807) is 23.1 Å². The summed E-state index contributed by atoms with van der Waals surface area (Å²) in [5, 5.41) is 0.535. The molecule has 158 valence electrons. The van der Waals surface area contributed by atoms with Crippen molar-refractivity contribution in [2.75, 3.05) is 6.61 Å². The van der Waals surface area contributed by atoms with Gasteiger partial charge in [0.05, 0.1) is 17.4 Å². The van der Waals surface area contributed by atoms with Gasteiger partial charge in [0.2, 0.25) is 0 Å². The van der Waals surface area contributed by atoms with Gasteiger partial charge in [0.15, 0.2) is 6.61 Å². The van der Waals surface area contributed by atoms with Crippen molar-refractivity contribution in [2.45, 2.75) is 53.1 Å². The van der Waals surface area contributed by atoms with Crippen LogP contribution in [0.3, 0.4) is 0 Å². The lowest BCUT2D eigenvalue weighted by Gasteiger charge is -2.26. The van der Waals surface area contributed by atoms with Crippen LogP contribution in [0.2, 0.25) is 0 Å². The maximum absolute atomic E-state index is 12.9. The summed E-state index contributed by atoms with van der Waals surface area (Å²) in [7, 11) is 0. The third-order valence-electron chi connectivity index (χ3n) is 5.16. The van der Waals surface area contributed by atoms with Gasteiger partial charge < -0.3 is 14.6 Å². The van der Waals surface area contributed by atoms with E-state index in [0.29, 0.717) is 22.6 Å². The monoisotopic (exact) mass is 407 g/mol.